The zero-order valence-corrected chi connectivity index (χ0v) is 15.6. The standard InChI is InChI=1S/C20H16ClN5O2/c1-28-26-17(27)10-8-14-18(15-11-12(22)7-9-16(15)21)24-20(25-19(14)26)23-13-5-3-2-4-6-13/h2-11H,22H2,1H3,(H,23,24,25). The molecule has 0 unspecified atom stereocenters. The summed E-state index contributed by atoms with van der Waals surface area (Å²) in [7, 11) is 1.40. The van der Waals surface area contributed by atoms with Gasteiger partial charge < -0.3 is 15.9 Å². The number of aromatic nitrogens is 3. The molecular weight excluding hydrogens is 378 g/mol. The number of benzene rings is 2. The molecule has 2 aromatic carbocycles. The number of nitrogens with two attached hydrogens (primary N) is 1. The number of fused-ring (bicyclic) bond motifs is 1. The number of nitrogens with one attached hydrogen (secondary N) is 1. The van der Waals surface area contributed by atoms with Gasteiger partial charge in [0.05, 0.1) is 10.7 Å². The average Bonchev–Trinajstić information content (AvgIpc) is 2.70. The van der Waals surface area contributed by atoms with Crippen LogP contribution in [0, 0.1) is 0 Å². The predicted octanol–water partition coefficient (Wildman–Crippen LogP) is 3.50. The third kappa shape index (κ3) is 3.23. The maximum absolute atomic E-state index is 12.2. The molecule has 0 atom stereocenters. The van der Waals surface area contributed by atoms with Crippen LogP contribution in [0.4, 0.5) is 17.3 Å². The molecule has 0 amide bonds. The third-order valence-corrected chi connectivity index (χ3v) is 4.50. The third-order valence-electron chi connectivity index (χ3n) is 4.17. The highest BCUT2D eigenvalue weighted by molar-refractivity contribution is 6.33. The molecule has 0 aliphatic heterocycles. The van der Waals surface area contributed by atoms with Crippen molar-refractivity contribution in [3.8, 4) is 11.3 Å². The molecule has 2 aromatic heterocycles. The van der Waals surface area contributed by atoms with E-state index in [1.165, 1.54) is 13.2 Å². The average molecular weight is 394 g/mol. The van der Waals surface area contributed by atoms with Crippen molar-refractivity contribution < 1.29 is 4.84 Å². The summed E-state index contributed by atoms with van der Waals surface area (Å²) in [5, 5.41) is 4.23. The Bertz CT molecular complexity index is 1220. The second kappa shape index (κ2) is 7.21. The van der Waals surface area contributed by atoms with Gasteiger partial charge in [-0.2, -0.15) is 4.98 Å². The molecule has 2 heterocycles. The van der Waals surface area contributed by atoms with E-state index in [4.69, 9.17) is 22.2 Å². The number of pyridine rings is 1. The first-order valence-corrected chi connectivity index (χ1v) is 8.80. The van der Waals surface area contributed by atoms with Gasteiger partial charge in [0.15, 0.2) is 5.65 Å². The fourth-order valence-corrected chi connectivity index (χ4v) is 3.11. The summed E-state index contributed by atoms with van der Waals surface area (Å²) in [5.41, 5.74) is 8.44. The number of hydrogen-bond acceptors (Lipinski definition) is 6. The maximum Gasteiger partial charge on any atom is 0.285 e. The molecule has 28 heavy (non-hydrogen) atoms. The molecule has 0 saturated heterocycles. The van der Waals surface area contributed by atoms with Crippen LogP contribution in [-0.2, 0) is 0 Å². The van der Waals surface area contributed by atoms with Gasteiger partial charge >= 0.3 is 0 Å². The highest BCUT2D eigenvalue weighted by Gasteiger charge is 2.17. The van der Waals surface area contributed by atoms with Gasteiger partial charge in [0, 0.05) is 28.4 Å². The van der Waals surface area contributed by atoms with Crippen molar-refractivity contribution >= 4 is 40.0 Å². The van der Waals surface area contributed by atoms with Gasteiger partial charge in [-0.1, -0.05) is 29.8 Å². The van der Waals surface area contributed by atoms with Crippen LogP contribution in [0.1, 0.15) is 0 Å². The summed E-state index contributed by atoms with van der Waals surface area (Å²) >= 11 is 6.41. The number of nitrogen functional groups attached to an aromatic ring is 1. The lowest BCUT2D eigenvalue weighted by Gasteiger charge is -2.14. The van der Waals surface area contributed by atoms with Gasteiger partial charge in [0.25, 0.3) is 5.56 Å². The molecule has 140 valence electrons. The molecule has 0 radical (unpaired) electrons. The zero-order valence-electron chi connectivity index (χ0n) is 14.9. The largest absolute Gasteiger partial charge is 0.412 e. The van der Waals surface area contributed by atoms with Crippen LogP contribution in [-0.4, -0.2) is 21.8 Å². The Balaban J connectivity index is 2.01. The highest BCUT2D eigenvalue weighted by Crippen LogP contribution is 2.33. The number of hydrogen-bond donors (Lipinski definition) is 2. The van der Waals surface area contributed by atoms with Crippen molar-refractivity contribution in [2.75, 3.05) is 18.2 Å². The summed E-state index contributed by atoms with van der Waals surface area (Å²) in [6, 6.07) is 17.7. The first-order valence-electron chi connectivity index (χ1n) is 8.42. The molecule has 0 fully saturated rings. The van der Waals surface area contributed by atoms with Crippen LogP contribution in [0.15, 0.2) is 65.5 Å². The van der Waals surface area contributed by atoms with Crippen LogP contribution >= 0.6 is 11.6 Å². The van der Waals surface area contributed by atoms with Gasteiger partial charge in [-0.05, 0) is 36.4 Å². The molecule has 0 saturated carbocycles. The van der Waals surface area contributed by atoms with E-state index in [2.05, 4.69) is 15.3 Å². The van der Waals surface area contributed by atoms with Crippen molar-refractivity contribution in [2.24, 2.45) is 0 Å². The van der Waals surface area contributed by atoms with Crippen LogP contribution in [0.3, 0.4) is 0 Å². The quantitative estimate of drug-likeness (QED) is 0.515. The fraction of sp³-hybridized carbons (Fsp3) is 0.0500. The molecule has 0 aliphatic carbocycles. The minimum Gasteiger partial charge on any atom is -0.412 e. The van der Waals surface area contributed by atoms with Crippen molar-refractivity contribution in [3.63, 3.8) is 0 Å². The van der Waals surface area contributed by atoms with Crippen molar-refractivity contribution in [2.45, 2.75) is 0 Å². The van der Waals surface area contributed by atoms with Gasteiger partial charge in [0.2, 0.25) is 5.95 Å². The number of anilines is 3. The Labute approximate surface area is 165 Å². The Morgan fingerprint density at radius 1 is 1.07 bits per heavy atom. The molecule has 0 spiro atoms. The molecule has 4 rings (SSSR count). The van der Waals surface area contributed by atoms with Crippen LogP contribution in [0.2, 0.25) is 5.02 Å². The highest BCUT2D eigenvalue weighted by atomic mass is 35.5. The first kappa shape index (κ1) is 17.8. The maximum atomic E-state index is 12.2. The lowest BCUT2D eigenvalue weighted by molar-refractivity contribution is 0.167. The van der Waals surface area contributed by atoms with Crippen molar-refractivity contribution in [1.82, 2.24) is 14.7 Å². The molecule has 4 aromatic rings. The summed E-state index contributed by atoms with van der Waals surface area (Å²) in [5.74, 6) is 0.295. The molecule has 0 aliphatic rings. The van der Waals surface area contributed by atoms with E-state index < -0.39 is 0 Å². The summed E-state index contributed by atoms with van der Waals surface area (Å²) in [6.45, 7) is 0. The van der Waals surface area contributed by atoms with Crippen LogP contribution in [0.25, 0.3) is 22.3 Å². The van der Waals surface area contributed by atoms with E-state index in [-0.39, 0.29) is 5.56 Å². The molecular formula is C20H16ClN5O2. The minimum atomic E-state index is -0.344. The molecule has 7 nitrogen and oxygen atoms in total. The smallest absolute Gasteiger partial charge is 0.285 e. The zero-order chi connectivity index (χ0) is 19.7. The summed E-state index contributed by atoms with van der Waals surface area (Å²) in [6.07, 6.45) is 0. The van der Waals surface area contributed by atoms with E-state index >= 15 is 0 Å². The molecule has 3 N–H and O–H groups in total. The lowest BCUT2D eigenvalue weighted by Crippen LogP contribution is -2.25. The SMILES string of the molecule is COn1c(=O)ccc2c(-c3cc(N)ccc3Cl)nc(Nc3ccccc3)nc21. The molecule has 8 heteroatoms. The van der Waals surface area contributed by atoms with Crippen molar-refractivity contribution in [3.05, 3.63) is 76.0 Å². The predicted molar refractivity (Wildman–Crippen MR) is 111 cm³/mol. The second-order valence-corrected chi connectivity index (χ2v) is 6.42. The van der Waals surface area contributed by atoms with E-state index in [0.29, 0.717) is 38.9 Å². The fourth-order valence-electron chi connectivity index (χ4n) is 2.91. The van der Waals surface area contributed by atoms with Gasteiger partial charge in [-0.25, -0.2) is 4.98 Å². The van der Waals surface area contributed by atoms with E-state index in [1.54, 1.807) is 24.3 Å². The topological polar surface area (TPSA) is 95.1 Å². The molecule has 0 bridgehead atoms. The number of rotatable bonds is 4. The Kier molecular flexibility index (Phi) is 4.58. The normalized spacial score (nSPS) is 10.8. The number of halogens is 1. The Morgan fingerprint density at radius 2 is 1.86 bits per heavy atom. The Morgan fingerprint density at radius 3 is 2.61 bits per heavy atom. The van der Waals surface area contributed by atoms with Gasteiger partial charge in [0.1, 0.15) is 7.11 Å². The monoisotopic (exact) mass is 393 g/mol. The Hall–Kier alpha value is -3.58. The van der Waals surface area contributed by atoms with E-state index in [0.717, 1.165) is 10.4 Å². The van der Waals surface area contributed by atoms with Crippen LogP contribution in [0.5, 0.6) is 0 Å². The minimum absolute atomic E-state index is 0.295. The van der Waals surface area contributed by atoms with Gasteiger partial charge in [-0.15, -0.1) is 4.73 Å². The van der Waals surface area contributed by atoms with E-state index in [9.17, 15) is 4.79 Å². The van der Waals surface area contributed by atoms with Crippen molar-refractivity contribution in [1.29, 1.82) is 0 Å². The number of nitrogens with zero attached hydrogens (tertiary/aromatic N) is 3. The second-order valence-electron chi connectivity index (χ2n) is 6.01. The van der Waals surface area contributed by atoms with Gasteiger partial charge in [-0.3, -0.25) is 4.79 Å². The lowest BCUT2D eigenvalue weighted by atomic mass is 10.1. The summed E-state index contributed by atoms with van der Waals surface area (Å²) < 4.78 is 1.11. The van der Waals surface area contributed by atoms with E-state index in [1.807, 2.05) is 30.3 Å². The first-order chi connectivity index (χ1) is 13.6. The summed E-state index contributed by atoms with van der Waals surface area (Å²) in [4.78, 5) is 26.6. The van der Waals surface area contributed by atoms with Crippen LogP contribution < -0.4 is 21.4 Å². The number of para-hydroxylation sites is 1.